The quantitative estimate of drug-likeness (QED) is 0.586. The monoisotopic (exact) mass is 296 g/mol. The molecule has 0 amide bonds. The van der Waals surface area contributed by atoms with Gasteiger partial charge in [-0.3, -0.25) is 0 Å². The molecule has 0 bridgehead atoms. The molecule has 0 aliphatic carbocycles. The molecule has 0 unspecified atom stereocenters. The minimum atomic E-state index is 0.426. The second-order valence-electron chi connectivity index (χ2n) is 3.69. The molecule has 6 nitrogen and oxygen atoms in total. The van der Waals surface area contributed by atoms with E-state index in [1.165, 1.54) is 0 Å². The van der Waals surface area contributed by atoms with Crippen LogP contribution in [0.1, 0.15) is 0 Å². The Labute approximate surface area is 120 Å². The zero-order valence-corrected chi connectivity index (χ0v) is 13.1. The summed E-state index contributed by atoms with van der Waals surface area (Å²) in [5.74, 6) is 0. The number of rotatable bonds is 0. The molecule has 0 radical (unpaired) electrons. The second kappa shape index (κ2) is 12.7. The first-order valence-electron chi connectivity index (χ1n) is 5.38. The summed E-state index contributed by atoms with van der Waals surface area (Å²) in [6.45, 7) is 3.11. The van der Waals surface area contributed by atoms with Gasteiger partial charge in [0.05, 0.1) is 26.4 Å². The third-order valence-electron chi connectivity index (χ3n) is 1.63. The normalized spacial score (nSPS) is 13.1. The van der Waals surface area contributed by atoms with Crippen LogP contribution in [0.3, 0.4) is 0 Å². The van der Waals surface area contributed by atoms with E-state index < -0.39 is 0 Å². The van der Waals surface area contributed by atoms with E-state index >= 15 is 0 Å². The fourth-order valence-electron chi connectivity index (χ4n) is 0.440. The fraction of sp³-hybridized carbons (Fsp3) is 0.800. The summed E-state index contributed by atoms with van der Waals surface area (Å²) < 4.78 is 9.89. The summed E-state index contributed by atoms with van der Waals surface area (Å²) in [7, 11) is 7.23. The lowest BCUT2D eigenvalue weighted by Crippen LogP contribution is -2.27. The fourth-order valence-corrected chi connectivity index (χ4v) is 0.440. The van der Waals surface area contributed by atoms with Gasteiger partial charge >= 0.3 is 0 Å². The summed E-state index contributed by atoms with van der Waals surface area (Å²) in [4.78, 5) is 3.35. The number of thiocarbonyl (C=S) groups is 2. The van der Waals surface area contributed by atoms with Crippen molar-refractivity contribution in [2.45, 2.75) is 0 Å². The van der Waals surface area contributed by atoms with Crippen LogP contribution < -0.4 is 11.5 Å². The van der Waals surface area contributed by atoms with Gasteiger partial charge in [-0.2, -0.15) is 0 Å². The lowest BCUT2D eigenvalue weighted by atomic mass is 10.6. The summed E-state index contributed by atoms with van der Waals surface area (Å²) >= 11 is 9.05. The molecule has 0 atom stereocenters. The Hall–Kier alpha value is -0.700. The predicted molar refractivity (Wildman–Crippen MR) is 82.6 cm³/mol. The van der Waals surface area contributed by atoms with E-state index in [-0.39, 0.29) is 0 Å². The molecule has 1 aliphatic heterocycles. The first kappa shape index (κ1) is 19.6. The first-order valence-corrected chi connectivity index (χ1v) is 6.19. The lowest BCUT2D eigenvalue weighted by molar-refractivity contribution is -0.0334. The van der Waals surface area contributed by atoms with Crippen molar-refractivity contribution in [3.63, 3.8) is 0 Å². The van der Waals surface area contributed by atoms with E-state index in [1.54, 1.807) is 9.80 Å². The number of nitrogens with zero attached hydrogens (tertiary/aromatic N) is 2. The summed E-state index contributed by atoms with van der Waals surface area (Å²) in [5.41, 5.74) is 10.2. The van der Waals surface area contributed by atoms with Gasteiger partial charge in [0.2, 0.25) is 0 Å². The van der Waals surface area contributed by atoms with Gasteiger partial charge in [0.1, 0.15) is 0 Å². The number of hydrogen-bond acceptors (Lipinski definition) is 4. The van der Waals surface area contributed by atoms with E-state index in [2.05, 4.69) is 24.4 Å². The van der Waals surface area contributed by atoms with Crippen LogP contribution in [0, 0.1) is 0 Å². The summed E-state index contributed by atoms with van der Waals surface area (Å²) in [6.07, 6.45) is 0. The molecular formula is C10H24N4O2S2. The van der Waals surface area contributed by atoms with Gasteiger partial charge in [-0.15, -0.1) is 0 Å². The maximum absolute atomic E-state index is 5.09. The average Bonchev–Trinajstić information content (AvgIpc) is 2.32. The van der Waals surface area contributed by atoms with Gasteiger partial charge in [0.25, 0.3) is 0 Å². The lowest BCUT2D eigenvalue weighted by Gasteiger charge is -2.09. The molecule has 1 aliphatic rings. The van der Waals surface area contributed by atoms with Gasteiger partial charge in [0.15, 0.2) is 10.2 Å². The van der Waals surface area contributed by atoms with E-state index in [4.69, 9.17) is 20.9 Å². The molecule has 0 aromatic carbocycles. The highest BCUT2D eigenvalue weighted by Gasteiger charge is 1.94. The first-order chi connectivity index (χ1) is 8.29. The Balaban J connectivity index is 0. The molecule has 0 aromatic heterocycles. The molecule has 0 spiro atoms. The third kappa shape index (κ3) is 17.7. The van der Waals surface area contributed by atoms with Crippen molar-refractivity contribution in [2.75, 3.05) is 54.6 Å². The van der Waals surface area contributed by atoms with Crippen LogP contribution in [0.5, 0.6) is 0 Å². The Kier molecular flexibility index (Phi) is 13.9. The van der Waals surface area contributed by atoms with Crippen molar-refractivity contribution in [1.82, 2.24) is 9.80 Å². The van der Waals surface area contributed by atoms with Crippen molar-refractivity contribution in [2.24, 2.45) is 11.5 Å². The molecule has 1 saturated heterocycles. The van der Waals surface area contributed by atoms with E-state index in [9.17, 15) is 0 Å². The van der Waals surface area contributed by atoms with E-state index in [0.717, 1.165) is 26.4 Å². The highest BCUT2D eigenvalue weighted by atomic mass is 32.1. The topological polar surface area (TPSA) is 77.0 Å². The van der Waals surface area contributed by atoms with Crippen molar-refractivity contribution in [3.8, 4) is 0 Å². The Morgan fingerprint density at radius 3 is 1.00 bits per heavy atom. The number of hydrogen-bond donors (Lipinski definition) is 2. The molecular weight excluding hydrogens is 272 g/mol. The highest BCUT2D eigenvalue weighted by molar-refractivity contribution is 7.80. The zero-order chi connectivity index (χ0) is 14.6. The Bertz CT molecular complexity index is 204. The van der Waals surface area contributed by atoms with Gasteiger partial charge in [-0.05, 0) is 24.4 Å². The van der Waals surface area contributed by atoms with Crippen molar-refractivity contribution in [3.05, 3.63) is 0 Å². The van der Waals surface area contributed by atoms with Crippen LogP contribution in [0.2, 0.25) is 0 Å². The summed E-state index contributed by atoms with van der Waals surface area (Å²) in [5, 5.41) is 0.852. The van der Waals surface area contributed by atoms with Crippen LogP contribution in [0.4, 0.5) is 0 Å². The van der Waals surface area contributed by atoms with Crippen LogP contribution in [0.25, 0.3) is 0 Å². The van der Waals surface area contributed by atoms with Crippen LogP contribution in [-0.2, 0) is 9.47 Å². The van der Waals surface area contributed by atoms with Gasteiger partial charge in [-0.1, -0.05) is 0 Å². The summed E-state index contributed by atoms with van der Waals surface area (Å²) in [6, 6.07) is 0. The molecule has 4 N–H and O–H groups in total. The minimum absolute atomic E-state index is 0.426. The molecule has 18 heavy (non-hydrogen) atoms. The molecule has 0 aromatic rings. The maximum Gasteiger partial charge on any atom is 0.165 e. The third-order valence-corrected chi connectivity index (χ3v) is 2.36. The smallest absolute Gasteiger partial charge is 0.165 e. The highest BCUT2D eigenvalue weighted by Crippen LogP contribution is 1.85. The SMILES string of the molecule is C1COCCO1.CN(C)C(N)=S.CN(C)C(N)=S. The van der Waals surface area contributed by atoms with Crippen LogP contribution >= 0.6 is 24.4 Å². The number of nitrogens with two attached hydrogens (primary N) is 2. The van der Waals surface area contributed by atoms with Crippen molar-refractivity contribution >= 4 is 34.7 Å². The van der Waals surface area contributed by atoms with E-state index in [1.807, 2.05) is 28.2 Å². The van der Waals surface area contributed by atoms with Crippen LogP contribution in [0.15, 0.2) is 0 Å². The van der Waals surface area contributed by atoms with Crippen molar-refractivity contribution < 1.29 is 9.47 Å². The molecule has 0 saturated carbocycles. The van der Waals surface area contributed by atoms with Gasteiger partial charge in [0, 0.05) is 28.2 Å². The zero-order valence-electron chi connectivity index (χ0n) is 11.5. The average molecular weight is 296 g/mol. The van der Waals surface area contributed by atoms with Crippen LogP contribution in [-0.4, -0.2) is 74.6 Å². The predicted octanol–water partition coefficient (Wildman–Crippen LogP) is -0.384. The Morgan fingerprint density at radius 2 is 0.944 bits per heavy atom. The largest absolute Gasteiger partial charge is 0.377 e. The molecule has 8 heteroatoms. The number of ether oxygens (including phenoxy) is 2. The molecule has 108 valence electrons. The molecule has 1 rings (SSSR count). The minimum Gasteiger partial charge on any atom is -0.377 e. The van der Waals surface area contributed by atoms with Crippen molar-refractivity contribution in [1.29, 1.82) is 0 Å². The second-order valence-corrected chi connectivity index (χ2v) is 4.53. The molecule has 1 heterocycles. The molecule has 1 fully saturated rings. The van der Waals surface area contributed by atoms with E-state index in [0.29, 0.717) is 10.2 Å². The Morgan fingerprint density at radius 1 is 0.778 bits per heavy atom. The van der Waals surface area contributed by atoms with Gasteiger partial charge < -0.3 is 30.7 Å². The van der Waals surface area contributed by atoms with Gasteiger partial charge in [-0.25, -0.2) is 0 Å². The maximum atomic E-state index is 5.09. The standard InChI is InChI=1S/C4H8O2.2C3H8N2S/c1-2-6-4-3-5-1;2*1-5(2)3(4)6/h1-4H2;2*1-2H3,(H2,4,6).